The van der Waals surface area contributed by atoms with Crippen LogP contribution in [0.2, 0.25) is 0 Å². The van der Waals surface area contributed by atoms with Crippen molar-refractivity contribution < 1.29 is 8.42 Å². The average Bonchev–Trinajstić information content (AvgIpc) is 2.08. The van der Waals surface area contributed by atoms with E-state index in [-0.39, 0.29) is 0 Å². The molecule has 0 spiro atoms. The van der Waals surface area contributed by atoms with Crippen molar-refractivity contribution in [2.75, 3.05) is 0 Å². The summed E-state index contributed by atoms with van der Waals surface area (Å²) >= 11 is 0. The average molecular weight is 166 g/mol. The zero-order valence-corrected chi connectivity index (χ0v) is 5.89. The lowest BCUT2D eigenvalue weighted by molar-refractivity contribution is 0.611. The Kier molecular flexibility index (Phi) is 1.47. The van der Waals surface area contributed by atoms with Gasteiger partial charge in [0.1, 0.15) is 6.20 Å². The van der Waals surface area contributed by atoms with Crippen LogP contribution in [0.25, 0.3) is 0 Å². The first kappa shape index (κ1) is 6.59. The van der Waals surface area contributed by atoms with Gasteiger partial charge in [-0.2, -0.15) is 13.6 Å². The second kappa shape index (κ2) is 2.01. The normalized spacial score (nSPS) is 13.7. The fraction of sp³-hybridized carbons (Fsp3) is 0. The van der Waals surface area contributed by atoms with Gasteiger partial charge in [-0.05, 0) is 0 Å². The molecule has 0 amide bonds. The Bertz CT molecular complexity index is 275. The summed E-state index contributed by atoms with van der Waals surface area (Å²) in [5.41, 5.74) is 0. The van der Waals surface area contributed by atoms with Crippen molar-refractivity contribution in [2.24, 2.45) is 5.14 Å². The summed E-state index contributed by atoms with van der Waals surface area (Å²) in [7, 11) is -4.74. The van der Waals surface area contributed by atoms with Crippen LogP contribution in [0.1, 0.15) is 0 Å². The summed E-state index contributed by atoms with van der Waals surface area (Å²) in [6, 6.07) is 0. The van der Waals surface area contributed by atoms with Gasteiger partial charge >= 0.3 is 9.06 Å². The zero-order valence-electron chi connectivity index (χ0n) is 4.26. The van der Waals surface area contributed by atoms with E-state index in [0.29, 0.717) is 0 Å². The molecule has 9 heavy (non-hydrogen) atoms. The molecule has 1 rings (SSSR count). The van der Waals surface area contributed by atoms with Crippen LogP contribution in [0.15, 0.2) is 11.6 Å². The highest BCUT2D eigenvalue weighted by molar-refractivity contribution is 8.36. The maximum absolute atomic E-state index is 10.4. The Morgan fingerprint density at radius 1 is 1.56 bits per heavy atom. The molecule has 0 aromatic carbocycles. The first-order valence-electron chi connectivity index (χ1n) is 1.95. The van der Waals surface area contributed by atoms with E-state index in [2.05, 4.69) is 9.59 Å². The number of nitrogens with zero attached hydrogens (tertiary/aromatic N) is 2. The topological polar surface area (TPSA) is 85.9 Å². The van der Waals surface area contributed by atoms with E-state index in [9.17, 15) is 8.42 Å². The fourth-order valence-electron chi connectivity index (χ4n) is 0.304. The van der Waals surface area contributed by atoms with Gasteiger partial charge < -0.3 is 0 Å². The summed E-state index contributed by atoms with van der Waals surface area (Å²) in [6.45, 7) is 0. The van der Waals surface area contributed by atoms with Crippen molar-refractivity contribution in [1.29, 1.82) is 0 Å². The number of hydrogen-bond donors (Lipinski definition) is 1. The van der Waals surface area contributed by atoms with Gasteiger partial charge in [0.15, 0.2) is 0 Å². The molecule has 0 saturated carbocycles. The van der Waals surface area contributed by atoms with E-state index < -0.39 is 18.8 Å². The van der Waals surface area contributed by atoms with Crippen molar-refractivity contribution in [2.45, 2.75) is 0 Å². The lowest BCUT2D eigenvalue weighted by Crippen LogP contribution is -2.06. The van der Waals surface area contributed by atoms with Crippen LogP contribution in [0.4, 0.5) is 0 Å². The van der Waals surface area contributed by atoms with Crippen LogP contribution in [-0.4, -0.2) is 18.0 Å². The summed E-state index contributed by atoms with van der Waals surface area (Å²) < 4.78 is 24.2. The predicted octanol–water partition coefficient (Wildman–Crippen LogP) is -0.723. The van der Waals surface area contributed by atoms with Crippen molar-refractivity contribution in [1.82, 2.24) is 9.59 Å². The Morgan fingerprint density at radius 3 is 2.44 bits per heavy atom. The minimum Gasteiger partial charge on any atom is -0.181 e. The minimum absolute atomic E-state index is 1.22. The smallest absolute Gasteiger partial charge is 0.181 e. The molecule has 2 N–H and O–H groups in total. The molecule has 0 saturated heterocycles. The maximum atomic E-state index is 10.4. The molecule has 7 heteroatoms. The van der Waals surface area contributed by atoms with E-state index in [1.54, 1.807) is 0 Å². The largest absolute Gasteiger partial charge is 0.430 e. The third-order valence-electron chi connectivity index (χ3n) is 0.610. The van der Waals surface area contributed by atoms with Crippen molar-refractivity contribution in [3.05, 3.63) is 11.6 Å². The quantitative estimate of drug-likeness (QED) is 0.440. The van der Waals surface area contributed by atoms with Crippen LogP contribution in [0.3, 0.4) is 0 Å². The summed E-state index contributed by atoms with van der Waals surface area (Å²) in [5, 5.41) is 9.39. The number of hydrogen-bond acceptors (Lipinski definition) is 4. The Balaban J connectivity index is 3.20. The monoisotopic (exact) mass is 166 g/mol. The summed E-state index contributed by atoms with van der Waals surface area (Å²) in [4.78, 5) is 0. The Labute approximate surface area is 54.1 Å². The Hall–Kier alpha value is -0.530. The third-order valence-corrected chi connectivity index (χ3v) is 3.66. The number of rotatable bonds is 1. The second-order valence-corrected chi connectivity index (χ2v) is 5.64. The highest BCUT2D eigenvalue weighted by Crippen LogP contribution is 2.13. The van der Waals surface area contributed by atoms with Gasteiger partial charge in [0, 0.05) is 0 Å². The number of nitrogens with two attached hydrogens (primary N) is 1. The highest BCUT2D eigenvalue weighted by atomic mass is 33.2. The van der Waals surface area contributed by atoms with Gasteiger partial charge in [-0.1, -0.05) is 0 Å². The fourth-order valence-corrected chi connectivity index (χ4v) is 1.92. The molecule has 0 aliphatic rings. The molecule has 0 radical (unpaired) electrons. The molecule has 0 bridgehead atoms. The SMILES string of the molecule is NS(=O)(=O)[s+]1ccnn1. The van der Waals surface area contributed by atoms with Crippen LogP contribution >= 0.6 is 9.70 Å². The van der Waals surface area contributed by atoms with Crippen LogP contribution in [0.5, 0.6) is 0 Å². The summed E-state index contributed by atoms with van der Waals surface area (Å²) in [5.74, 6) is 0. The van der Waals surface area contributed by atoms with Crippen LogP contribution in [0, 0.1) is 0 Å². The van der Waals surface area contributed by atoms with E-state index in [4.69, 9.17) is 5.14 Å². The van der Waals surface area contributed by atoms with E-state index in [1.807, 2.05) is 0 Å². The number of aromatic nitrogens is 2. The van der Waals surface area contributed by atoms with Gasteiger partial charge in [0.25, 0.3) is 9.70 Å². The zero-order chi connectivity index (χ0) is 6.91. The van der Waals surface area contributed by atoms with Gasteiger partial charge in [-0.3, -0.25) is 0 Å². The molecule has 1 aromatic rings. The summed E-state index contributed by atoms with van der Waals surface area (Å²) in [6.07, 6.45) is 1.31. The Morgan fingerprint density at radius 2 is 2.22 bits per heavy atom. The van der Waals surface area contributed by atoms with E-state index in [0.717, 1.165) is 0 Å². The van der Waals surface area contributed by atoms with Gasteiger partial charge in [-0.25, -0.2) is 0 Å². The molecule has 0 fully saturated rings. The standard InChI is InChI=1S/C2H4N3O2S2/c3-9(6,7)8-2-1-4-5-8/h1-2H,(H2,3,6,7)/q+1. The minimum atomic E-state index is -3.52. The van der Waals surface area contributed by atoms with Gasteiger partial charge in [-0.15, -0.1) is 5.10 Å². The van der Waals surface area contributed by atoms with Crippen molar-refractivity contribution in [3.8, 4) is 0 Å². The van der Waals surface area contributed by atoms with Crippen molar-refractivity contribution in [3.63, 3.8) is 0 Å². The molecular weight excluding hydrogens is 162 g/mol. The lowest BCUT2D eigenvalue weighted by atomic mass is 11.1. The molecule has 1 unspecified atom stereocenters. The van der Waals surface area contributed by atoms with Gasteiger partial charge in [0.05, 0.1) is 4.49 Å². The molecule has 5 nitrogen and oxygen atoms in total. The molecule has 1 aromatic heterocycles. The predicted molar refractivity (Wildman–Crippen MR) is 33.0 cm³/mol. The van der Waals surface area contributed by atoms with Crippen LogP contribution < -0.4 is 5.14 Å². The third kappa shape index (κ3) is 1.44. The molecular formula is C2H4N3O2S2+. The molecule has 1 atom stereocenters. The van der Waals surface area contributed by atoms with Crippen molar-refractivity contribution >= 4 is 18.8 Å². The highest BCUT2D eigenvalue weighted by Gasteiger charge is 2.20. The molecule has 0 aliphatic carbocycles. The molecule has 50 valence electrons. The first-order chi connectivity index (χ1) is 4.11. The lowest BCUT2D eigenvalue weighted by Gasteiger charge is -1.72. The molecule has 0 aliphatic heterocycles. The maximum Gasteiger partial charge on any atom is 0.430 e. The van der Waals surface area contributed by atoms with E-state index >= 15 is 0 Å². The molecule has 1 heterocycles. The van der Waals surface area contributed by atoms with Gasteiger partial charge in [0.2, 0.25) is 5.38 Å². The second-order valence-electron chi connectivity index (χ2n) is 1.25. The first-order valence-corrected chi connectivity index (χ1v) is 5.25. The van der Waals surface area contributed by atoms with E-state index in [1.165, 1.54) is 11.6 Å². The van der Waals surface area contributed by atoms with Crippen LogP contribution in [-0.2, 0) is 9.06 Å².